The minimum absolute atomic E-state index is 0.0284. The van der Waals surface area contributed by atoms with Crippen LogP contribution in [0.2, 0.25) is 0 Å². The largest absolute Gasteiger partial charge is 0.302 e. The third-order valence-electron chi connectivity index (χ3n) is 5.15. The number of hydrogen-bond donors (Lipinski definition) is 0. The Kier molecular flexibility index (Phi) is 4.17. The predicted molar refractivity (Wildman–Crippen MR) is 91.7 cm³/mol. The first kappa shape index (κ1) is 16.4. The number of nitrogens with zero attached hydrogens (tertiary/aromatic N) is 4. The number of aromatic nitrogens is 2. The van der Waals surface area contributed by atoms with Crippen LogP contribution in [0.25, 0.3) is 0 Å². The van der Waals surface area contributed by atoms with Crippen LogP contribution in [-0.4, -0.2) is 47.5 Å². The second kappa shape index (κ2) is 5.86. The molecule has 1 amide bonds. The van der Waals surface area contributed by atoms with Crippen molar-refractivity contribution in [2.24, 2.45) is 5.92 Å². The fourth-order valence-electron chi connectivity index (χ4n) is 3.92. The molecule has 126 valence electrons. The highest BCUT2D eigenvalue weighted by Crippen LogP contribution is 2.35. The fraction of sp³-hybridized carbons (Fsp3) is 0.722. The number of likely N-dealkylation sites (tertiary alicyclic amines) is 1. The summed E-state index contributed by atoms with van der Waals surface area (Å²) in [7, 11) is 1.82. The summed E-state index contributed by atoms with van der Waals surface area (Å²) in [4.78, 5) is 25.8. The van der Waals surface area contributed by atoms with E-state index in [1.807, 2.05) is 14.0 Å². The lowest BCUT2D eigenvalue weighted by atomic mass is 9.80. The molecule has 1 aromatic rings. The number of hydrogen-bond acceptors (Lipinski definition) is 4. The van der Waals surface area contributed by atoms with Gasteiger partial charge < -0.3 is 4.90 Å². The lowest BCUT2D eigenvalue weighted by molar-refractivity contribution is -0.117. The lowest BCUT2D eigenvalue weighted by Gasteiger charge is -2.40. The monoisotopic (exact) mass is 316 g/mol. The molecule has 2 aliphatic heterocycles. The van der Waals surface area contributed by atoms with Crippen LogP contribution in [0, 0.1) is 12.8 Å². The van der Waals surface area contributed by atoms with Crippen LogP contribution in [0.15, 0.2) is 0 Å². The van der Waals surface area contributed by atoms with Crippen LogP contribution in [0.5, 0.6) is 0 Å². The molecule has 1 saturated heterocycles. The van der Waals surface area contributed by atoms with Gasteiger partial charge in [-0.2, -0.15) is 0 Å². The maximum atomic E-state index is 12.0. The maximum absolute atomic E-state index is 12.0. The molecule has 3 heterocycles. The Bertz CT molecular complexity index is 628. The van der Waals surface area contributed by atoms with Crippen LogP contribution in [0.4, 0.5) is 5.82 Å². The summed E-state index contributed by atoms with van der Waals surface area (Å²) in [5.74, 6) is 2.51. The Balaban J connectivity index is 1.92. The molecule has 0 spiro atoms. The summed E-state index contributed by atoms with van der Waals surface area (Å²) < 4.78 is 0. The molecule has 0 aromatic carbocycles. The Morgan fingerprint density at radius 1 is 1.30 bits per heavy atom. The van der Waals surface area contributed by atoms with Crippen molar-refractivity contribution in [3.05, 3.63) is 17.1 Å². The van der Waals surface area contributed by atoms with Crippen LogP contribution < -0.4 is 4.90 Å². The molecule has 0 aliphatic carbocycles. The third kappa shape index (κ3) is 2.99. The molecule has 0 radical (unpaired) electrons. The summed E-state index contributed by atoms with van der Waals surface area (Å²) in [5.41, 5.74) is 1.93. The first-order valence-electron chi connectivity index (χ1n) is 8.67. The number of piperidine rings is 1. The summed E-state index contributed by atoms with van der Waals surface area (Å²) in [6.07, 6.45) is 2.73. The van der Waals surface area contributed by atoms with Crippen molar-refractivity contribution in [1.82, 2.24) is 14.9 Å². The van der Waals surface area contributed by atoms with Gasteiger partial charge in [0.2, 0.25) is 5.91 Å². The van der Waals surface area contributed by atoms with E-state index in [4.69, 9.17) is 9.97 Å². The van der Waals surface area contributed by atoms with Crippen LogP contribution in [-0.2, 0) is 16.6 Å². The second-order valence-corrected chi connectivity index (χ2v) is 7.86. The van der Waals surface area contributed by atoms with Gasteiger partial charge in [0.25, 0.3) is 0 Å². The quantitative estimate of drug-likeness (QED) is 0.858. The number of rotatable bonds is 3. The van der Waals surface area contributed by atoms with Gasteiger partial charge in [0.15, 0.2) is 0 Å². The van der Waals surface area contributed by atoms with E-state index in [0.717, 1.165) is 49.0 Å². The van der Waals surface area contributed by atoms with Crippen molar-refractivity contribution in [2.45, 2.75) is 52.4 Å². The molecule has 0 bridgehead atoms. The molecule has 3 rings (SSSR count). The number of fused-ring (bicyclic) bond motifs is 1. The highest BCUT2D eigenvalue weighted by molar-refractivity contribution is 5.99. The third-order valence-corrected chi connectivity index (χ3v) is 5.15. The van der Waals surface area contributed by atoms with Gasteiger partial charge in [-0.25, -0.2) is 9.97 Å². The van der Waals surface area contributed by atoms with Gasteiger partial charge in [-0.15, -0.1) is 0 Å². The van der Waals surface area contributed by atoms with Crippen molar-refractivity contribution in [3.63, 3.8) is 0 Å². The number of amides is 1. The zero-order valence-corrected chi connectivity index (χ0v) is 15.0. The van der Waals surface area contributed by atoms with Gasteiger partial charge >= 0.3 is 0 Å². The van der Waals surface area contributed by atoms with Crippen LogP contribution in [0.1, 0.15) is 50.7 Å². The van der Waals surface area contributed by atoms with Crippen molar-refractivity contribution < 1.29 is 4.79 Å². The van der Waals surface area contributed by atoms with Gasteiger partial charge in [-0.1, -0.05) is 20.8 Å². The average Bonchev–Trinajstić information content (AvgIpc) is 2.75. The van der Waals surface area contributed by atoms with Gasteiger partial charge in [-0.3, -0.25) is 9.69 Å². The van der Waals surface area contributed by atoms with E-state index < -0.39 is 0 Å². The van der Waals surface area contributed by atoms with E-state index >= 15 is 0 Å². The Labute approximate surface area is 139 Å². The van der Waals surface area contributed by atoms with Gasteiger partial charge in [0.05, 0.1) is 6.42 Å². The molecular weight excluding hydrogens is 288 g/mol. The number of aryl methyl sites for hydroxylation is 1. The molecule has 0 unspecified atom stereocenters. The van der Waals surface area contributed by atoms with Crippen LogP contribution >= 0.6 is 0 Å². The van der Waals surface area contributed by atoms with E-state index in [0.29, 0.717) is 12.3 Å². The zero-order valence-electron chi connectivity index (χ0n) is 15.0. The standard InChI is InChI=1S/C18H28N4O/c1-12(2)10-22-8-6-7-18(4,11-22)17-19-13(3)14-9-15(23)21(5)16(14)20-17/h12H,6-11H2,1-5H3/t18-/m0/s1. The van der Waals surface area contributed by atoms with E-state index in [-0.39, 0.29) is 11.3 Å². The summed E-state index contributed by atoms with van der Waals surface area (Å²) in [6.45, 7) is 12.1. The van der Waals surface area contributed by atoms with Gasteiger partial charge in [0.1, 0.15) is 11.6 Å². The first-order valence-corrected chi connectivity index (χ1v) is 8.67. The SMILES string of the molecule is Cc1nc([C@@]2(C)CCCN(CC(C)C)C2)nc2c1CC(=O)N2C. The molecule has 0 saturated carbocycles. The van der Waals surface area contributed by atoms with Crippen molar-refractivity contribution >= 4 is 11.7 Å². The van der Waals surface area contributed by atoms with Gasteiger partial charge in [-0.05, 0) is 32.2 Å². The van der Waals surface area contributed by atoms with E-state index in [9.17, 15) is 4.79 Å². The number of anilines is 1. The average molecular weight is 316 g/mol. The number of likely N-dealkylation sites (N-methyl/N-ethyl adjacent to an activating group) is 1. The Morgan fingerprint density at radius 3 is 2.74 bits per heavy atom. The number of carbonyl (C=O) groups excluding carboxylic acids is 1. The number of carbonyl (C=O) groups is 1. The molecule has 2 aliphatic rings. The summed E-state index contributed by atoms with van der Waals surface area (Å²) >= 11 is 0. The topological polar surface area (TPSA) is 49.3 Å². The Hall–Kier alpha value is -1.49. The molecule has 5 nitrogen and oxygen atoms in total. The highest BCUT2D eigenvalue weighted by Gasteiger charge is 2.38. The predicted octanol–water partition coefficient (Wildman–Crippen LogP) is 2.31. The summed E-state index contributed by atoms with van der Waals surface area (Å²) in [6, 6.07) is 0. The Morgan fingerprint density at radius 2 is 2.04 bits per heavy atom. The molecule has 5 heteroatoms. The first-order chi connectivity index (χ1) is 10.8. The smallest absolute Gasteiger partial charge is 0.232 e. The second-order valence-electron chi connectivity index (χ2n) is 7.86. The summed E-state index contributed by atoms with van der Waals surface area (Å²) in [5, 5.41) is 0. The van der Waals surface area contributed by atoms with Crippen molar-refractivity contribution in [3.8, 4) is 0 Å². The molecule has 1 aromatic heterocycles. The lowest BCUT2D eigenvalue weighted by Crippen LogP contribution is -2.46. The molecular formula is C18H28N4O. The van der Waals surface area contributed by atoms with Crippen LogP contribution in [0.3, 0.4) is 0 Å². The molecule has 0 N–H and O–H groups in total. The van der Waals surface area contributed by atoms with Crippen molar-refractivity contribution in [2.75, 3.05) is 31.6 Å². The van der Waals surface area contributed by atoms with E-state index in [1.54, 1.807) is 4.90 Å². The maximum Gasteiger partial charge on any atom is 0.232 e. The van der Waals surface area contributed by atoms with Crippen molar-refractivity contribution in [1.29, 1.82) is 0 Å². The van der Waals surface area contributed by atoms with E-state index in [1.165, 1.54) is 6.42 Å². The fourth-order valence-corrected chi connectivity index (χ4v) is 3.92. The zero-order chi connectivity index (χ0) is 16.8. The normalized spacial score (nSPS) is 25.3. The minimum atomic E-state index is -0.0284. The van der Waals surface area contributed by atoms with Gasteiger partial charge in [0, 0.05) is 36.8 Å². The van der Waals surface area contributed by atoms with E-state index in [2.05, 4.69) is 25.7 Å². The minimum Gasteiger partial charge on any atom is -0.302 e. The molecule has 1 atom stereocenters. The highest BCUT2D eigenvalue weighted by atomic mass is 16.2. The molecule has 1 fully saturated rings. The molecule has 23 heavy (non-hydrogen) atoms.